The number of carbonyl (C=O) groups excluding carboxylic acids is 2. The number of nitrogens with two attached hydrogens (primary N) is 1. The number of rotatable bonds is 5. The van der Waals surface area contributed by atoms with Gasteiger partial charge in [0.2, 0.25) is 11.8 Å². The van der Waals surface area contributed by atoms with Crippen LogP contribution < -0.4 is 16.0 Å². The van der Waals surface area contributed by atoms with Crippen LogP contribution in [0.1, 0.15) is 19.8 Å². The van der Waals surface area contributed by atoms with Crippen LogP contribution in [0, 0.1) is 5.92 Å². The van der Waals surface area contributed by atoms with Crippen molar-refractivity contribution in [2.45, 2.75) is 25.8 Å². The Labute approximate surface area is 145 Å². The first-order valence-electron chi connectivity index (χ1n) is 7.09. The first-order valence-corrected chi connectivity index (χ1v) is 7.88. The topological polar surface area (TPSA) is 75.4 Å². The lowest BCUT2D eigenvalue weighted by Crippen LogP contribution is -2.38. The number of hydrogen-bond acceptors (Lipinski definition) is 3. The van der Waals surface area contributed by atoms with Gasteiger partial charge in [0, 0.05) is 29.3 Å². The van der Waals surface area contributed by atoms with Gasteiger partial charge in [-0.05, 0) is 38.0 Å². The molecule has 122 valence electrons. The highest BCUT2D eigenvalue weighted by molar-refractivity contribution is 9.10. The fraction of sp³-hybridized carbons (Fsp3) is 0.467. The van der Waals surface area contributed by atoms with Crippen LogP contribution >= 0.6 is 28.3 Å². The molecule has 1 saturated heterocycles. The zero-order chi connectivity index (χ0) is 15.4. The molecule has 2 amide bonds. The standard InChI is InChI=1S/C15H20BrN3O2.ClH/c1-10(17)5-7-18-14(20)13-6-8-19(15(13)21)12-4-2-3-11(16)9-12;/h2-4,9-10,13H,5-8,17H2,1H3,(H,18,20);1H. The Kier molecular flexibility index (Phi) is 7.32. The molecule has 0 spiro atoms. The molecule has 0 saturated carbocycles. The summed E-state index contributed by atoms with van der Waals surface area (Å²) in [6, 6.07) is 7.58. The van der Waals surface area contributed by atoms with Crippen molar-refractivity contribution in [3.63, 3.8) is 0 Å². The lowest BCUT2D eigenvalue weighted by atomic mass is 10.1. The second-order valence-electron chi connectivity index (χ2n) is 5.37. The molecule has 7 heteroatoms. The largest absolute Gasteiger partial charge is 0.355 e. The van der Waals surface area contributed by atoms with E-state index in [4.69, 9.17) is 5.73 Å². The van der Waals surface area contributed by atoms with Crippen LogP contribution in [-0.4, -0.2) is 30.9 Å². The second kappa shape index (κ2) is 8.50. The normalized spacial score (nSPS) is 18.8. The number of benzene rings is 1. The number of nitrogens with zero attached hydrogens (tertiary/aromatic N) is 1. The maximum absolute atomic E-state index is 12.4. The van der Waals surface area contributed by atoms with Crippen molar-refractivity contribution in [1.82, 2.24) is 5.32 Å². The van der Waals surface area contributed by atoms with E-state index in [0.29, 0.717) is 25.9 Å². The van der Waals surface area contributed by atoms with Crippen molar-refractivity contribution >= 4 is 45.8 Å². The van der Waals surface area contributed by atoms with Crippen LogP contribution in [0.4, 0.5) is 5.69 Å². The number of carbonyl (C=O) groups is 2. The van der Waals surface area contributed by atoms with Crippen LogP contribution in [-0.2, 0) is 9.59 Å². The van der Waals surface area contributed by atoms with Crippen molar-refractivity contribution in [2.75, 3.05) is 18.0 Å². The molecule has 0 aliphatic carbocycles. The van der Waals surface area contributed by atoms with E-state index in [1.165, 1.54) is 0 Å². The van der Waals surface area contributed by atoms with Gasteiger partial charge in [-0.3, -0.25) is 9.59 Å². The molecule has 0 aromatic heterocycles. The quantitative estimate of drug-likeness (QED) is 0.756. The summed E-state index contributed by atoms with van der Waals surface area (Å²) in [7, 11) is 0. The molecule has 3 N–H and O–H groups in total. The average molecular weight is 391 g/mol. The summed E-state index contributed by atoms with van der Waals surface area (Å²) in [6.45, 7) is 2.97. The van der Waals surface area contributed by atoms with E-state index in [2.05, 4.69) is 21.2 Å². The Balaban J connectivity index is 0.00000242. The van der Waals surface area contributed by atoms with Gasteiger partial charge in [-0.1, -0.05) is 22.0 Å². The van der Waals surface area contributed by atoms with Crippen LogP contribution in [0.15, 0.2) is 28.7 Å². The molecule has 1 aromatic carbocycles. The Morgan fingerprint density at radius 2 is 2.27 bits per heavy atom. The van der Waals surface area contributed by atoms with Crippen LogP contribution in [0.2, 0.25) is 0 Å². The number of nitrogens with one attached hydrogen (secondary N) is 1. The first kappa shape index (κ1) is 18.9. The Bertz CT molecular complexity index is 539. The highest BCUT2D eigenvalue weighted by atomic mass is 79.9. The van der Waals surface area contributed by atoms with Gasteiger partial charge in [0.05, 0.1) is 0 Å². The van der Waals surface area contributed by atoms with Crippen molar-refractivity contribution in [2.24, 2.45) is 11.7 Å². The maximum Gasteiger partial charge on any atom is 0.239 e. The lowest BCUT2D eigenvalue weighted by molar-refractivity contribution is -0.132. The first-order chi connectivity index (χ1) is 9.99. The summed E-state index contributed by atoms with van der Waals surface area (Å²) in [5.41, 5.74) is 6.46. The minimum atomic E-state index is -0.586. The maximum atomic E-state index is 12.4. The molecule has 2 rings (SSSR count). The third-order valence-corrected chi connectivity index (χ3v) is 4.03. The smallest absolute Gasteiger partial charge is 0.239 e. The van der Waals surface area contributed by atoms with Crippen molar-refractivity contribution in [3.05, 3.63) is 28.7 Å². The molecule has 1 heterocycles. The second-order valence-corrected chi connectivity index (χ2v) is 6.28. The van der Waals surface area contributed by atoms with Gasteiger partial charge in [0.25, 0.3) is 0 Å². The van der Waals surface area contributed by atoms with Crippen molar-refractivity contribution in [3.8, 4) is 0 Å². The fourth-order valence-electron chi connectivity index (χ4n) is 2.37. The van der Waals surface area contributed by atoms with Gasteiger partial charge in [-0.2, -0.15) is 0 Å². The van der Waals surface area contributed by atoms with E-state index in [0.717, 1.165) is 10.2 Å². The molecule has 1 aromatic rings. The van der Waals surface area contributed by atoms with Gasteiger partial charge in [0.1, 0.15) is 5.92 Å². The van der Waals surface area contributed by atoms with Gasteiger partial charge in [-0.25, -0.2) is 0 Å². The van der Waals surface area contributed by atoms with E-state index < -0.39 is 5.92 Å². The number of anilines is 1. The summed E-state index contributed by atoms with van der Waals surface area (Å²) in [5.74, 6) is -0.915. The minimum absolute atomic E-state index is 0. The summed E-state index contributed by atoms with van der Waals surface area (Å²) >= 11 is 3.39. The van der Waals surface area contributed by atoms with E-state index >= 15 is 0 Å². The summed E-state index contributed by atoms with van der Waals surface area (Å²) in [4.78, 5) is 26.1. The third-order valence-electron chi connectivity index (χ3n) is 3.54. The van der Waals surface area contributed by atoms with Gasteiger partial charge >= 0.3 is 0 Å². The third kappa shape index (κ3) is 4.69. The average Bonchev–Trinajstić information content (AvgIpc) is 2.80. The van der Waals surface area contributed by atoms with Crippen LogP contribution in [0.5, 0.6) is 0 Å². The summed E-state index contributed by atoms with van der Waals surface area (Å²) in [5, 5.41) is 2.79. The van der Waals surface area contributed by atoms with Crippen molar-refractivity contribution in [1.29, 1.82) is 0 Å². The summed E-state index contributed by atoms with van der Waals surface area (Å²) in [6.07, 6.45) is 1.26. The van der Waals surface area contributed by atoms with E-state index in [-0.39, 0.29) is 30.3 Å². The molecule has 1 aliphatic heterocycles. The molecular formula is C15H21BrClN3O2. The van der Waals surface area contributed by atoms with E-state index in [1.54, 1.807) is 4.90 Å². The predicted molar refractivity (Wildman–Crippen MR) is 93.1 cm³/mol. The molecular weight excluding hydrogens is 370 g/mol. The van der Waals surface area contributed by atoms with Gasteiger partial charge in [-0.15, -0.1) is 12.4 Å². The number of amides is 2. The zero-order valence-electron chi connectivity index (χ0n) is 12.4. The lowest BCUT2D eigenvalue weighted by Gasteiger charge is -2.17. The van der Waals surface area contributed by atoms with Gasteiger partial charge < -0.3 is 16.0 Å². The minimum Gasteiger partial charge on any atom is -0.355 e. The highest BCUT2D eigenvalue weighted by Crippen LogP contribution is 2.27. The molecule has 1 fully saturated rings. The molecule has 2 unspecified atom stereocenters. The fourth-order valence-corrected chi connectivity index (χ4v) is 2.76. The number of hydrogen-bond donors (Lipinski definition) is 2. The van der Waals surface area contributed by atoms with E-state index in [9.17, 15) is 9.59 Å². The zero-order valence-corrected chi connectivity index (χ0v) is 14.8. The molecule has 0 radical (unpaired) electrons. The molecule has 2 atom stereocenters. The SMILES string of the molecule is CC(N)CCNC(=O)C1CCN(c2cccc(Br)c2)C1=O.Cl. The molecule has 0 bridgehead atoms. The molecule has 5 nitrogen and oxygen atoms in total. The van der Waals surface area contributed by atoms with Crippen molar-refractivity contribution < 1.29 is 9.59 Å². The van der Waals surface area contributed by atoms with Crippen LogP contribution in [0.25, 0.3) is 0 Å². The van der Waals surface area contributed by atoms with E-state index in [1.807, 2.05) is 31.2 Å². The van der Waals surface area contributed by atoms with Crippen LogP contribution in [0.3, 0.4) is 0 Å². The highest BCUT2D eigenvalue weighted by Gasteiger charge is 2.37. The molecule has 22 heavy (non-hydrogen) atoms. The summed E-state index contributed by atoms with van der Waals surface area (Å²) < 4.78 is 0.914. The predicted octanol–water partition coefficient (Wildman–Crippen LogP) is 2.08. The Morgan fingerprint density at radius 1 is 1.55 bits per heavy atom. The Morgan fingerprint density at radius 3 is 2.91 bits per heavy atom. The Hall–Kier alpha value is -1.11. The van der Waals surface area contributed by atoms with Gasteiger partial charge in [0.15, 0.2) is 0 Å². The molecule has 1 aliphatic rings. The monoisotopic (exact) mass is 389 g/mol. The number of halogens is 2.